The Balaban J connectivity index is 2.00. The Morgan fingerprint density at radius 1 is 1.43 bits per heavy atom. The molecule has 1 nitrogen and oxygen atoms in total. The van der Waals surface area contributed by atoms with Gasteiger partial charge in [0.2, 0.25) is 0 Å². The Kier molecular flexibility index (Phi) is 3.17. The second-order valence-corrected chi connectivity index (χ2v) is 4.46. The fourth-order valence-corrected chi connectivity index (χ4v) is 2.28. The van der Waals surface area contributed by atoms with Crippen LogP contribution in [0.5, 0.6) is 0 Å². The topological polar surface area (TPSA) is 9.23 Å². The minimum absolute atomic E-state index is 0.237. The van der Waals surface area contributed by atoms with Crippen LogP contribution in [-0.2, 0) is 4.43 Å². The van der Waals surface area contributed by atoms with Gasteiger partial charge in [0.1, 0.15) is 0 Å². The molecule has 2 rings (SSSR count). The van der Waals surface area contributed by atoms with Gasteiger partial charge in [-0.05, 0) is 23.6 Å². The predicted molar refractivity (Wildman–Crippen MR) is 61.9 cm³/mol. The van der Waals surface area contributed by atoms with Gasteiger partial charge < -0.3 is 4.43 Å². The van der Waals surface area contributed by atoms with Crippen molar-refractivity contribution in [1.82, 2.24) is 0 Å². The highest BCUT2D eigenvalue weighted by Crippen LogP contribution is 2.31. The van der Waals surface area contributed by atoms with Crippen molar-refractivity contribution in [2.24, 2.45) is 0 Å². The van der Waals surface area contributed by atoms with Gasteiger partial charge in [-0.3, -0.25) is 0 Å². The molecule has 0 heterocycles. The molecular formula is C12H15OSi. The van der Waals surface area contributed by atoms with E-state index >= 15 is 0 Å². The fourth-order valence-electron chi connectivity index (χ4n) is 1.82. The zero-order chi connectivity index (χ0) is 9.80. The molecular weight excluding hydrogens is 188 g/mol. The SMILES string of the molecule is C[SiH2]OCCC1[C]=Cc2ccccc21. The van der Waals surface area contributed by atoms with E-state index in [1.54, 1.807) is 0 Å². The summed E-state index contributed by atoms with van der Waals surface area (Å²) in [5, 5.41) is 0. The summed E-state index contributed by atoms with van der Waals surface area (Å²) in [5.74, 6) is 0.465. The van der Waals surface area contributed by atoms with Gasteiger partial charge in [-0.25, -0.2) is 0 Å². The molecule has 2 heteroatoms. The monoisotopic (exact) mass is 203 g/mol. The van der Waals surface area contributed by atoms with E-state index in [-0.39, 0.29) is 9.76 Å². The zero-order valence-corrected chi connectivity index (χ0v) is 9.91. The van der Waals surface area contributed by atoms with E-state index < -0.39 is 0 Å². The summed E-state index contributed by atoms with van der Waals surface area (Å²) in [4.78, 5) is 0. The van der Waals surface area contributed by atoms with Crippen LogP contribution >= 0.6 is 0 Å². The Hall–Kier alpha value is -0.863. The van der Waals surface area contributed by atoms with Crippen LogP contribution < -0.4 is 0 Å². The lowest BCUT2D eigenvalue weighted by Crippen LogP contribution is -2.02. The minimum atomic E-state index is -0.237. The highest BCUT2D eigenvalue weighted by atomic mass is 28.2. The average molecular weight is 203 g/mol. The first-order valence-electron chi connectivity index (χ1n) is 5.17. The van der Waals surface area contributed by atoms with E-state index in [0.29, 0.717) is 5.92 Å². The number of hydrogen-bond donors (Lipinski definition) is 0. The van der Waals surface area contributed by atoms with Crippen molar-refractivity contribution < 1.29 is 4.43 Å². The quantitative estimate of drug-likeness (QED) is 0.538. The van der Waals surface area contributed by atoms with Crippen molar-refractivity contribution in [2.75, 3.05) is 6.61 Å². The maximum absolute atomic E-state index is 5.50. The average Bonchev–Trinajstić information content (AvgIpc) is 2.63. The van der Waals surface area contributed by atoms with Crippen LogP contribution in [-0.4, -0.2) is 16.4 Å². The summed E-state index contributed by atoms with van der Waals surface area (Å²) in [6.45, 7) is 3.06. The maximum Gasteiger partial charge on any atom is 0.158 e. The zero-order valence-electron chi connectivity index (χ0n) is 8.49. The molecule has 1 aliphatic carbocycles. The van der Waals surface area contributed by atoms with E-state index in [4.69, 9.17) is 4.43 Å². The number of fused-ring (bicyclic) bond motifs is 1. The Morgan fingerprint density at radius 3 is 3.14 bits per heavy atom. The molecule has 1 radical (unpaired) electrons. The molecule has 0 saturated carbocycles. The minimum Gasteiger partial charge on any atom is -0.424 e. The second-order valence-electron chi connectivity index (χ2n) is 3.48. The van der Waals surface area contributed by atoms with Crippen LogP contribution in [0.3, 0.4) is 0 Å². The highest BCUT2D eigenvalue weighted by Gasteiger charge is 2.16. The first-order valence-corrected chi connectivity index (χ1v) is 7.17. The van der Waals surface area contributed by atoms with Crippen LogP contribution in [0.2, 0.25) is 6.55 Å². The van der Waals surface area contributed by atoms with E-state index in [1.165, 1.54) is 11.1 Å². The van der Waals surface area contributed by atoms with E-state index in [2.05, 4.69) is 43.0 Å². The van der Waals surface area contributed by atoms with Crippen LogP contribution in [0.1, 0.15) is 23.5 Å². The summed E-state index contributed by atoms with van der Waals surface area (Å²) in [5.41, 5.74) is 2.74. The fraction of sp³-hybridized carbons (Fsp3) is 0.333. The largest absolute Gasteiger partial charge is 0.424 e. The molecule has 1 unspecified atom stereocenters. The normalized spacial score (nSPS) is 19.4. The molecule has 0 aliphatic heterocycles. The highest BCUT2D eigenvalue weighted by molar-refractivity contribution is 6.24. The van der Waals surface area contributed by atoms with Crippen LogP contribution in [0.4, 0.5) is 0 Å². The molecule has 1 atom stereocenters. The van der Waals surface area contributed by atoms with Gasteiger partial charge in [0.05, 0.1) is 0 Å². The van der Waals surface area contributed by atoms with Gasteiger partial charge in [0.25, 0.3) is 0 Å². The molecule has 0 spiro atoms. The van der Waals surface area contributed by atoms with Crippen molar-refractivity contribution in [2.45, 2.75) is 18.9 Å². The lowest BCUT2D eigenvalue weighted by molar-refractivity contribution is 0.323. The van der Waals surface area contributed by atoms with Crippen molar-refractivity contribution in [3.8, 4) is 0 Å². The molecule has 0 fully saturated rings. The molecule has 1 aromatic rings. The summed E-state index contributed by atoms with van der Waals surface area (Å²) in [7, 11) is -0.237. The van der Waals surface area contributed by atoms with Crippen LogP contribution in [0, 0.1) is 6.08 Å². The first-order chi connectivity index (χ1) is 6.92. The smallest absolute Gasteiger partial charge is 0.158 e. The third-order valence-corrected chi connectivity index (χ3v) is 3.26. The number of rotatable bonds is 4. The van der Waals surface area contributed by atoms with E-state index in [9.17, 15) is 0 Å². The molecule has 0 N–H and O–H groups in total. The van der Waals surface area contributed by atoms with Gasteiger partial charge >= 0.3 is 0 Å². The first kappa shape index (κ1) is 9.68. The van der Waals surface area contributed by atoms with E-state index in [0.717, 1.165) is 13.0 Å². The van der Waals surface area contributed by atoms with Crippen molar-refractivity contribution in [1.29, 1.82) is 0 Å². The molecule has 0 saturated heterocycles. The molecule has 1 aliphatic rings. The van der Waals surface area contributed by atoms with E-state index in [1.807, 2.05) is 0 Å². The Morgan fingerprint density at radius 2 is 2.29 bits per heavy atom. The number of allylic oxidation sites excluding steroid dienone is 1. The van der Waals surface area contributed by atoms with Crippen molar-refractivity contribution in [3.63, 3.8) is 0 Å². The summed E-state index contributed by atoms with van der Waals surface area (Å²) in [6.07, 6.45) is 6.57. The number of benzene rings is 1. The van der Waals surface area contributed by atoms with Gasteiger partial charge in [-0.15, -0.1) is 0 Å². The van der Waals surface area contributed by atoms with Gasteiger partial charge in [0, 0.05) is 12.5 Å². The standard InChI is InChI=1S/C12H15OSi/c1-14-13-9-8-11-7-6-10-4-2-3-5-12(10)11/h2-6,11H,8-9,14H2,1H3. The maximum atomic E-state index is 5.50. The van der Waals surface area contributed by atoms with Gasteiger partial charge in [-0.2, -0.15) is 0 Å². The third kappa shape index (κ3) is 1.96. The molecule has 0 aromatic heterocycles. The third-order valence-electron chi connectivity index (χ3n) is 2.57. The molecule has 0 amide bonds. The second kappa shape index (κ2) is 4.58. The van der Waals surface area contributed by atoms with Crippen LogP contribution in [0.25, 0.3) is 6.08 Å². The Bertz CT molecular complexity index is 333. The van der Waals surface area contributed by atoms with Crippen molar-refractivity contribution in [3.05, 3.63) is 41.5 Å². The predicted octanol–water partition coefficient (Wildman–Crippen LogP) is 2.14. The Labute approximate surface area is 87.7 Å². The summed E-state index contributed by atoms with van der Waals surface area (Å²) < 4.78 is 5.50. The summed E-state index contributed by atoms with van der Waals surface area (Å²) >= 11 is 0. The number of hydrogen-bond acceptors (Lipinski definition) is 1. The molecule has 14 heavy (non-hydrogen) atoms. The lowest BCUT2D eigenvalue weighted by atomic mass is 9.98. The van der Waals surface area contributed by atoms with Crippen molar-refractivity contribution >= 4 is 15.8 Å². The van der Waals surface area contributed by atoms with Gasteiger partial charge in [-0.1, -0.05) is 36.9 Å². The molecule has 1 aromatic carbocycles. The summed E-state index contributed by atoms with van der Waals surface area (Å²) in [6, 6.07) is 8.52. The molecule has 0 bridgehead atoms. The lowest BCUT2D eigenvalue weighted by Gasteiger charge is -2.09. The van der Waals surface area contributed by atoms with Crippen LogP contribution in [0.15, 0.2) is 24.3 Å². The molecule has 73 valence electrons. The van der Waals surface area contributed by atoms with Gasteiger partial charge in [0.15, 0.2) is 9.76 Å².